The molecule has 0 aliphatic heterocycles. The molecule has 0 amide bonds. The second-order valence-corrected chi connectivity index (χ2v) is 8.18. The molecular weight excluding hydrogens is 430 g/mol. The van der Waals surface area contributed by atoms with Crippen molar-refractivity contribution in [1.29, 1.82) is 0 Å². The number of oxazole rings is 1. The largest absolute Gasteiger partial charge is 0.423 e. The number of aryl methyl sites for hydroxylation is 2. The topological polar surface area (TPSA) is 136 Å². The number of nitrogens with one attached hydrogen (secondary N) is 2. The molecule has 10 nitrogen and oxygen atoms in total. The van der Waals surface area contributed by atoms with Crippen molar-refractivity contribution in [2.75, 3.05) is 11.1 Å². The number of hydrogen-bond acceptors (Lipinski definition) is 8. The lowest BCUT2D eigenvalue weighted by atomic mass is 10.1. The third-order valence-corrected chi connectivity index (χ3v) is 5.65. The second-order valence-electron chi connectivity index (χ2n) is 8.18. The third-order valence-electron chi connectivity index (χ3n) is 5.65. The summed E-state index contributed by atoms with van der Waals surface area (Å²) < 4.78 is 7.71. The average molecular weight is 451 g/mol. The number of rotatable bonds is 5. The number of benzene rings is 2. The number of fused-ring (bicyclic) bond motifs is 2. The first-order chi connectivity index (χ1) is 16.5. The third kappa shape index (κ3) is 3.41. The number of aromatic nitrogens is 7. The number of nitrogens with zero attached hydrogens (tertiary/aromatic N) is 6. The van der Waals surface area contributed by atoms with Gasteiger partial charge in [0.1, 0.15) is 23.4 Å². The molecule has 34 heavy (non-hydrogen) atoms. The molecule has 4 aromatic heterocycles. The molecule has 0 spiro atoms. The Hall–Kier alpha value is -4.73. The Morgan fingerprint density at radius 1 is 1.09 bits per heavy atom. The molecule has 6 rings (SSSR count). The van der Waals surface area contributed by atoms with Gasteiger partial charge >= 0.3 is 0 Å². The highest BCUT2D eigenvalue weighted by Crippen LogP contribution is 2.32. The smallest absolute Gasteiger partial charge is 0.300 e. The summed E-state index contributed by atoms with van der Waals surface area (Å²) in [4.78, 5) is 20.4. The minimum absolute atomic E-state index is 0.382. The van der Waals surface area contributed by atoms with Crippen LogP contribution < -0.4 is 11.1 Å². The van der Waals surface area contributed by atoms with Crippen molar-refractivity contribution in [3.63, 3.8) is 0 Å². The van der Waals surface area contributed by atoms with Gasteiger partial charge in [0.05, 0.1) is 24.0 Å². The van der Waals surface area contributed by atoms with E-state index in [0.717, 1.165) is 39.2 Å². The molecule has 0 bridgehead atoms. The minimum Gasteiger partial charge on any atom is -0.423 e. The Morgan fingerprint density at radius 2 is 1.94 bits per heavy atom. The van der Waals surface area contributed by atoms with E-state index in [0.29, 0.717) is 35.1 Å². The van der Waals surface area contributed by atoms with Gasteiger partial charge < -0.3 is 20.5 Å². The summed E-state index contributed by atoms with van der Waals surface area (Å²) in [5.74, 6) is 0.382. The molecule has 0 fully saturated rings. The zero-order valence-corrected chi connectivity index (χ0v) is 18.6. The molecule has 0 radical (unpaired) electrons. The summed E-state index contributed by atoms with van der Waals surface area (Å²) in [7, 11) is 0. The van der Waals surface area contributed by atoms with E-state index < -0.39 is 0 Å². The van der Waals surface area contributed by atoms with Gasteiger partial charge in [-0.15, -0.1) is 0 Å². The van der Waals surface area contributed by atoms with Crippen LogP contribution in [0.2, 0.25) is 0 Å². The maximum atomic E-state index is 6.21. The van der Waals surface area contributed by atoms with E-state index in [-0.39, 0.29) is 0 Å². The van der Waals surface area contributed by atoms with Gasteiger partial charge in [0.15, 0.2) is 11.2 Å². The van der Waals surface area contributed by atoms with Crippen LogP contribution in [0.1, 0.15) is 16.8 Å². The molecule has 4 N–H and O–H groups in total. The number of imidazole rings is 1. The van der Waals surface area contributed by atoms with Gasteiger partial charge in [0.2, 0.25) is 0 Å². The van der Waals surface area contributed by atoms with Crippen LogP contribution in [-0.2, 0) is 6.54 Å². The zero-order valence-electron chi connectivity index (χ0n) is 18.6. The van der Waals surface area contributed by atoms with E-state index in [9.17, 15) is 0 Å². The van der Waals surface area contributed by atoms with Gasteiger partial charge in [-0.25, -0.2) is 19.6 Å². The molecule has 10 heteroatoms. The van der Waals surface area contributed by atoms with E-state index in [2.05, 4.69) is 36.3 Å². The molecule has 4 heterocycles. The van der Waals surface area contributed by atoms with Crippen LogP contribution in [0.25, 0.3) is 33.4 Å². The maximum Gasteiger partial charge on any atom is 0.300 e. The normalized spacial score (nSPS) is 11.5. The summed E-state index contributed by atoms with van der Waals surface area (Å²) in [6.45, 7) is 4.53. The molecule has 0 saturated carbocycles. The fourth-order valence-corrected chi connectivity index (χ4v) is 4.14. The van der Waals surface area contributed by atoms with E-state index in [4.69, 9.17) is 15.2 Å². The van der Waals surface area contributed by atoms with Crippen molar-refractivity contribution in [2.45, 2.75) is 20.4 Å². The SMILES string of the molecule is Cc1cc(C)c2oc(Nc3ccc(-c4nn(Cc5c[nH]cn5)c5ncnc(N)c45)cc3)nc2c1. The number of H-pyrrole nitrogens is 1. The zero-order chi connectivity index (χ0) is 23.2. The summed E-state index contributed by atoms with van der Waals surface area (Å²) in [5, 5.41) is 8.73. The lowest BCUT2D eigenvalue weighted by molar-refractivity contribution is 0.620. The van der Waals surface area contributed by atoms with Gasteiger partial charge in [-0.05, 0) is 43.2 Å². The highest BCUT2D eigenvalue weighted by molar-refractivity contribution is 5.98. The predicted molar refractivity (Wildman–Crippen MR) is 130 cm³/mol. The Bertz CT molecular complexity index is 1630. The number of nitrogen functional groups attached to an aromatic ring is 1. The molecule has 0 saturated heterocycles. The molecule has 0 unspecified atom stereocenters. The van der Waals surface area contributed by atoms with E-state index in [1.165, 1.54) is 6.33 Å². The molecule has 2 aromatic carbocycles. The van der Waals surface area contributed by atoms with Crippen LogP contribution in [0.5, 0.6) is 0 Å². The first kappa shape index (κ1) is 19.9. The summed E-state index contributed by atoms with van der Waals surface area (Å²) >= 11 is 0. The van der Waals surface area contributed by atoms with Gasteiger partial charge in [0, 0.05) is 17.4 Å². The first-order valence-corrected chi connectivity index (χ1v) is 10.7. The van der Waals surface area contributed by atoms with Crippen LogP contribution in [0.3, 0.4) is 0 Å². The molecule has 0 aliphatic rings. The van der Waals surface area contributed by atoms with E-state index in [1.807, 2.05) is 50.4 Å². The van der Waals surface area contributed by atoms with Crippen LogP contribution in [0, 0.1) is 13.8 Å². The fourth-order valence-electron chi connectivity index (χ4n) is 4.14. The fraction of sp³-hybridized carbons (Fsp3) is 0.125. The first-order valence-electron chi connectivity index (χ1n) is 10.7. The van der Waals surface area contributed by atoms with Gasteiger partial charge in [-0.2, -0.15) is 10.1 Å². The molecule has 0 aliphatic carbocycles. The van der Waals surface area contributed by atoms with Crippen molar-refractivity contribution in [1.82, 2.24) is 34.7 Å². The number of anilines is 3. The maximum absolute atomic E-state index is 6.21. The standard InChI is InChI=1S/C24H21N9O/c1-13-7-14(2)21-18(8-13)31-24(34-21)30-16-5-3-15(4-6-16)20-19-22(25)28-12-29-23(19)33(32-20)10-17-9-26-11-27-17/h3-9,11-12H,10H2,1-2H3,(H,26,27)(H,30,31)(H2,25,28,29). The Labute approximate surface area is 193 Å². The van der Waals surface area contributed by atoms with Gasteiger partial charge in [0.25, 0.3) is 6.01 Å². The van der Waals surface area contributed by atoms with Crippen molar-refractivity contribution in [3.05, 3.63) is 72.1 Å². The summed E-state index contributed by atoms with van der Waals surface area (Å²) in [6, 6.07) is 12.4. The van der Waals surface area contributed by atoms with Crippen LogP contribution in [-0.4, -0.2) is 34.7 Å². The molecule has 168 valence electrons. The van der Waals surface area contributed by atoms with E-state index in [1.54, 1.807) is 11.0 Å². The van der Waals surface area contributed by atoms with Crippen molar-refractivity contribution in [3.8, 4) is 11.3 Å². The quantitative estimate of drug-likeness (QED) is 0.352. The minimum atomic E-state index is 0.382. The Balaban J connectivity index is 1.33. The average Bonchev–Trinajstić information content (AvgIpc) is 3.55. The van der Waals surface area contributed by atoms with Crippen molar-refractivity contribution in [2.24, 2.45) is 0 Å². The van der Waals surface area contributed by atoms with Crippen LogP contribution in [0.15, 0.2) is 59.7 Å². The summed E-state index contributed by atoms with van der Waals surface area (Å²) in [6.07, 6.45) is 4.91. The highest BCUT2D eigenvalue weighted by atomic mass is 16.4. The Kier molecular flexibility index (Phi) is 4.51. The van der Waals surface area contributed by atoms with E-state index >= 15 is 0 Å². The monoisotopic (exact) mass is 451 g/mol. The lowest BCUT2D eigenvalue weighted by Gasteiger charge is -2.04. The second kappa shape index (κ2) is 7.69. The Morgan fingerprint density at radius 3 is 2.74 bits per heavy atom. The number of nitrogens with two attached hydrogens (primary N) is 1. The number of hydrogen-bond donors (Lipinski definition) is 3. The molecule has 0 atom stereocenters. The highest BCUT2D eigenvalue weighted by Gasteiger charge is 2.18. The van der Waals surface area contributed by atoms with Crippen molar-refractivity contribution >= 4 is 39.7 Å². The van der Waals surface area contributed by atoms with Crippen molar-refractivity contribution < 1.29 is 4.42 Å². The predicted octanol–water partition coefficient (Wildman–Crippen LogP) is 4.35. The summed E-state index contributed by atoms with van der Waals surface area (Å²) in [5.41, 5.74) is 14.0. The van der Waals surface area contributed by atoms with Gasteiger partial charge in [-0.1, -0.05) is 18.2 Å². The lowest BCUT2D eigenvalue weighted by Crippen LogP contribution is -2.03. The molecular formula is C24H21N9O. The van der Waals surface area contributed by atoms with Crippen LogP contribution in [0.4, 0.5) is 17.5 Å². The molecule has 6 aromatic rings. The van der Waals surface area contributed by atoms with Crippen LogP contribution >= 0.6 is 0 Å². The van der Waals surface area contributed by atoms with Gasteiger partial charge in [-0.3, -0.25) is 0 Å². The number of aromatic amines is 1.